The first-order valence-electron chi connectivity index (χ1n) is 5.85. The van der Waals surface area contributed by atoms with Crippen LogP contribution in [0.15, 0.2) is 30.3 Å². The summed E-state index contributed by atoms with van der Waals surface area (Å²) in [5, 5.41) is 9.08. The predicted molar refractivity (Wildman–Crippen MR) is 65.7 cm³/mol. The molecule has 4 heteroatoms. The molecule has 0 radical (unpaired) electrons. The number of benzene rings is 1. The first kappa shape index (κ1) is 13.7. The lowest BCUT2D eigenvalue weighted by atomic mass is 10.1. The molecule has 1 rings (SSSR count). The highest BCUT2D eigenvalue weighted by atomic mass is 16.5. The first-order valence-corrected chi connectivity index (χ1v) is 5.85. The number of unbranched alkanes of at least 4 members (excludes halogenated alkanes) is 2. The SMILES string of the molecule is NCCCCCOC(C(=O)O)c1ccccc1. The number of carbonyl (C=O) groups is 1. The minimum absolute atomic E-state index is 0.450. The number of ether oxygens (including phenoxy) is 1. The molecule has 0 saturated carbocycles. The molecule has 94 valence electrons. The van der Waals surface area contributed by atoms with Gasteiger partial charge in [0.1, 0.15) is 0 Å². The fourth-order valence-corrected chi connectivity index (χ4v) is 1.56. The second-order valence-corrected chi connectivity index (χ2v) is 3.85. The van der Waals surface area contributed by atoms with Crippen LogP contribution in [-0.2, 0) is 9.53 Å². The molecule has 1 aromatic carbocycles. The minimum atomic E-state index is -0.949. The van der Waals surface area contributed by atoms with Gasteiger partial charge in [-0.2, -0.15) is 0 Å². The normalized spacial score (nSPS) is 12.3. The molecule has 0 aliphatic rings. The smallest absolute Gasteiger partial charge is 0.337 e. The monoisotopic (exact) mass is 237 g/mol. The third kappa shape index (κ3) is 4.97. The van der Waals surface area contributed by atoms with Crippen LogP contribution in [0.4, 0.5) is 0 Å². The van der Waals surface area contributed by atoms with E-state index in [1.165, 1.54) is 0 Å². The van der Waals surface area contributed by atoms with Crippen molar-refractivity contribution in [3.8, 4) is 0 Å². The molecule has 17 heavy (non-hydrogen) atoms. The second-order valence-electron chi connectivity index (χ2n) is 3.85. The second kappa shape index (κ2) is 7.81. The Hall–Kier alpha value is -1.39. The highest BCUT2D eigenvalue weighted by Crippen LogP contribution is 2.17. The van der Waals surface area contributed by atoms with Crippen molar-refractivity contribution in [3.63, 3.8) is 0 Å². The van der Waals surface area contributed by atoms with E-state index in [-0.39, 0.29) is 0 Å². The van der Waals surface area contributed by atoms with Crippen LogP contribution in [0.3, 0.4) is 0 Å². The number of aliphatic carboxylic acids is 1. The van der Waals surface area contributed by atoms with Gasteiger partial charge < -0.3 is 15.6 Å². The molecule has 0 spiro atoms. The maximum atomic E-state index is 11.1. The molecule has 1 atom stereocenters. The summed E-state index contributed by atoms with van der Waals surface area (Å²) in [5.41, 5.74) is 6.05. The lowest BCUT2D eigenvalue weighted by Gasteiger charge is -2.13. The number of carboxylic acids is 1. The van der Waals surface area contributed by atoms with E-state index < -0.39 is 12.1 Å². The summed E-state index contributed by atoms with van der Waals surface area (Å²) < 4.78 is 5.40. The molecular weight excluding hydrogens is 218 g/mol. The lowest BCUT2D eigenvalue weighted by Crippen LogP contribution is -2.16. The molecule has 0 fully saturated rings. The Labute approximate surface area is 101 Å². The first-order chi connectivity index (χ1) is 8.25. The maximum Gasteiger partial charge on any atom is 0.337 e. The fourth-order valence-electron chi connectivity index (χ4n) is 1.56. The Balaban J connectivity index is 2.42. The zero-order valence-electron chi connectivity index (χ0n) is 9.84. The van der Waals surface area contributed by atoms with Gasteiger partial charge in [0.25, 0.3) is 0 Å². The molecule has 0 saturated heterocycles. The van der Waals surface area contributed by atoms with E-state index in [9.17, 15) is 4.79 Å². The summed E-state index contributed by atoms with van der Waals surface area (Å²) in [4.78, 5) is 11.1. The van der Waals surface area contributed by atoms with E-state index in [2.05, 4.69) is 0 Å². The number of hydrogen-bond acceptors (Lipinski definition) is 3. The third-order valence-electron chi connectivity index (χ3n) is 2.46. The van der Waals surface area contributed by atoms with Gasteiger partial charge in [0, 0.05) is 6.61 Å². The van der Waals surface area contributed by atoms with Gasteiger partial charge in [-0.3, -0.25) is 0 Å². The molecule has 1 unspecified atom stereocenters. The lowest BCUT2D eigenvalue weighted by molar-refractivity contribution is -0.151. The summed E-state index contributed by atoms with van der Waals surface area (Å²) in [5.74, 6) is -0.949. The molecule has 0 amide bonds. The molecular formula is C13H19NO3. The number of hydrogen-bond donors (Lipinski definition) is 2. The van der Waals surface area contributed by atoms with Gasteiger partial charge in [0.15, 0.2) is 6.10 Å². The van der Waals surface area contributed by atoms with Crippen molar-refractivity contribution in [2.75, 3.05) is 13.2 Å². The zero-order valence-corrected chi connectivity index (χ0v) is 9.84. The van der Waals surface area contributed by atoms with E-state index in [1.807, 2.05) is 18.2 Å². The van der Waals surface area contributed by atoms with Crippen LogP contribution < -0.4 is 5.73 Å². The topological polar surface area (TPSA) is 72.5 Å². The van der Waals surface area contributed by atoms with Crippen LogP contribution in [0.2, 0.25) is 0 Å². The summed E-state index contributed by atoms with van der Waals surface area (Å²) in [6.07, 6.45) is 1.90. The Morgan fingerprint density at radius 2 is 1.94 bits per heavy atom. The standard InChI is InChI=1S/C13H19NO3/c14-9-5-2-6-10-17-12(13(15)16)11-7-3-1-4-8-11/h1,3-4,7-8,12H,2,5-6,9-10,14H2,(H,15,16). The zero-order chi connectivity index (χ0) is 12.5. The molecule has 3 N–H and O–H groups in total. The van der Waals surface area contributed by atoms with Gasteiger partial charge in [-0.1, -0.05) is 30.3 Å². The molecule has 0 bridgehead atoms. The molecule has 0 heterocycles. The molecule has 0 aliphatic carbocycles. The van der Waals surface area contributed by atoms with Gasteiger partial charge in [0.05, 0.1) is 0 Å². The van der Waals surface area contributed by atoms with Crippen LogP contribution in [0, 0.1) is 0 Å². The van der Waals surface area contributed by atoms with Crippen LogP contribution in [0.25, 0.3) is 0 Å². The molecule has 0 aliphatic heterocycles. The summed E-state index contributed by atoms with van der Waals surface area (Å²) in [6, 6.07) is 8.99. The molecule has 0 aromatic heterocycles. The van der Waals surface area contributed by atoms with E-state index in [1.54, 1.807) is 12.1 Å². The highest BCUT2D eigenvalue weighted by molar-refractivity contribution is 5.74. The summed E-state index contributed by atoms with van der Waals surface area (Å²) >= 11 is 0. The van der Waals surface area contributed by atoms with Crippen LogP contribution in [-0.4, -0.2) is 24.2 Å². The highest BCUT2D eigenvalue weighted by Gasteiger charge is 2.19. The predicted octanol–water partition coefficient (Wildman–Crippen LogP) is 1.96. The van der Waals surface area contributed by atoms with Gasteiger partial charge in [-0.05, 0) is 31.4 Å². The van der Waals surface area contributed by atoms with Gasteiger partial charge >= 0.3 is 5.97 Å². The van der Waals surface area contributed by atoms with Crippen molar-refractivity contribution in [1.29, 1.82) is 0 Å². The van der Waals surface area contributed by atoms with Crippen molar-refractivity contribution in [1.82, 2.24) is 0 Å². The number of nitrogens with two attached hydrogens (primary N) is 1. The van der Waals surface area contributed by atoms with Crippen LogP contribution in [0.5, 0.6) is 0 Å². The van der Waals surface area contributed by atoms with Gasteiger partial charge in [0.2, 0.25) is 0 Å². The molecule has 1 aromatic rings. The largest absolute Gasteiger partial charge is 0.479 e. The van der Waals surface area contributed by atoms with Crippen molar-refractivity contribution in [2.24, 2.45) is 5.73 Å². The summed E-state index contributed by atoms with van der Waals surface area (Å²) in [7, 11) is 0. The van der Waals surface area contributed by atoms with Crippen molar-refractivity contribution in [3.05, 3.63) is 35.9 Å². The van der Waals surface area contributed by atoms with E-state index in [4.69, 9.17) is 15.6 Å². The maximum absolute atomic E-state index is 11.1. The third-order valence-corrected chi connectivity index (χ3v) is 2.46. The number of carboxylic acid groups (broad SMARTS) is 1. The van der Waals surface area contributed by atoms with Crippen molar-refractivity contribution in [2.45, 2.75) is 25.4 Å². The number of rotatable bonds is 8. The average Bonchev–Trinajstić information content (AvgIpc) is 2.34. The quantitative estimate of drug-likeness (QED) is 0.678. The Morgan fingerprint density at radius 3 is 2.53 bits per heavy atom. The van der Waals surface area contributed by atoms with Gasteiger partial charge in [-0.25, -0.2) is 4.79 Å². The van der Waals surface area contributed by atoms with Crippen LogP contribution >= 0.6 is 0 Å². The summed E-state index contributed by atoms with van der Waals surface area (Å²) in [6.45, 7) is 1.12. The van der Waals surface area contributed by atoms with Crippen molar-refractivity contribution < 1.29 is 14.6 Å². The van der Waals surface area contributed by atoms with E-state index in [0.29, 0.717) is 18.7 Å². The van der Waals surface area contributed by atoms with E-state index >= 15 is 0 Å². The van der Waals surface area contributed by atoms with E-state index in [0.717, 1.165) is 19.3 Å². The Bertz CT molecular complexity index is 327. The average molecular weight is 237 g/mol. The Morgan fingerprint density at radius 1 is 1.24 bits per heavy atom. The minimum Gasteiger partial charge on any atom is -0.479 e. The molecule has 4 nitrogen and oxygen atoms in total. The van der Waals surface area contributed by atoms with Crippen molar-refractivity contribution >= 4 is 5.97 Å². The van der Waals surface area contributed by atoms with Crippen LogP contribution in [0.1, 0.15) is 30.9 Å². The van der Waals surface area contributed by atoms with Gasteiger partial charge in [-0.15, -0.1) is 0 Å². The fraction of sp³-hybridized carbons (Fsp3) is 0.462. The Kier molecular flexibility index (Phi) is 6.29.